The van der Waals surface area contributed by atoms with Crippen molar-refractivity contribution in [3.63, 3.8) is 0 Å². The molecule has 1 fully saturated rings. The van der Waals surface area contributed by atoms with Crippen LogP contribution in [0, 0.1) is 11.6 Å². The molecular weight excluding hydrogens is 540 g/mol. The molecule has 3 heterocycles. The van der Waals surface area contributed by atoms with Gasteiger partial charge in [0.15, 0.2) is 11.6 Å². The van der Waals surface area contributed by atoms with E-state index in [0.29, 0.717) is 28.6 Å². The van der Waals surface area contributed by atoms with Crippen molar-refractivity contribution in [3.05, 3.63) is 76.3 Å². The number of sulfonamides is 1. The van der Waals surface area contributed by atoms with E-state index >= 15 is 0 Å². The van der Waals surface area contributed by atoms with E-state index in [-0.39, 0.29) is 28.5 Å². The maximum atomic E-state index is 14.6. The van der Waals surface area contributed by atoms with Crippen LogP contribution < -0.4 is 15.0 Å². The third-order valence-corrected chi connectivity index (χ3v) is 8.42. The van der Waals surface area contributed by atoms with E-state index in [2.05, 4.69) is 26.6 Å². The molecule has 0 bridgehead atoms. The van der Waals surface area contributed by atoms with Crippen molar-refractivity contribution in [2.75, 3.05) is 43.7 Å². The van der Waals surface area contributed by atoms with Crippen LogP contribution in [0.2, 0.25) is 0 Å². The van der Waals surface area contributed by atoms with Crippen LogP contribution in [0.1, 0.15) is 12.5 Å². The summed E-state index contributed by atoms with van der Waals surface area (Å²) in [7, 11) is 0.103. The maximum absolute atomic E-state index is 14.6. The summed E-state index contributed by atoms with van der Waals surface area (Å²) in [6, 6.07) is 7.63. The highest BCUT2D eigenvalue weighted by molar-refractivity contribution is 7.92. The highest BCUT2D eigenvalue weighted by Crippen LogP contribution is 2.40. The summed E-state index contributed by atoms with van der Waals surface area (Å²) in [5, 5.41) is 0.668. The molecule has 2 N–H and O–H groups in total. The number of nitrogens with zero attached hydrogens (tertiary/aromatic N) is 3. The van der Waals surface area contributed by atoms with Crippen LogP contribution in [0.3, 0.4) is 0 Å². The Bertz CT molecular complexity index is 1730. The number of nitrogens with one attached hydrogen (secondary N) is 2. The van der Waals surface area contributed by atoms with E-state index in [9.17, 15) is 22.0 Å². The fourth-order valence-corrected chi connectivity index (χ4v) is 5.46. The lowest BCUT2D eigenvalue weighted by atomic mass is 9.99. The van der Waals surface area contributed by atoms with Crippen molar-refractivity contribution in [2.24, 2.45) is 7.05 Å². The van der Waals surface area contributed by atoms with Gasteiger partial charge >= 0.3 is 0 Å². The Hall–Kier alpha value is -3.74. The predicted molar refractivity (Wildman–Crippen MR) is 151 cm³/mol. The number of H-pyrrole nitrogens is 1. The molecule has 0 unspecified atom stereocenters. The molecule has 0 aliphatic carbocycles. The van der Waals surface area contributed by atoms with Crippen LogP contribution in [0.15, 0.2) is 53.6 Å². The minimum Gasteiger partial charge on any atom is -0.454 e. The zero-order chi connectivity index (χ0) is 28.6. The molecule has 2 aromatic heterocycles. The lowest BCUT2D eigenvalue weighted by Crippen LogP contribution is -2.43. The first-order valence-electron chi connectivity index (χ1n) is 12.9. The SMILES string of the molecule is CCS(=O)(=O)Nc1ccc(Oc2ccc(F)cc2F)c(-c2cn(C)c(=O)c3[nH]cc(CN4CCN(C)CC4)c23)c1. The molecule has 9 nitrogen and oxygen atoms in total. The van der Waals surface area contributed by atoms with Crippen LogP contribution in [0.4, 0.5) is 14.5 Å². The number of aromatic nitrogens is 2. The van der Waals surface area contributed by atoms with E-state index < -0.39 is 21.7 Å². The molecule has 1 aliphatic rings. The zero-order valence-electron chi connectivity index (χ0n) is 22.5. The van der Waals surface area contributed by atoms with Gasteiger partial charge in [-0.2, -0.15) is 0 Å². The molecule has 40 heavy (non-hydrogen) atoms. The normalized spacial score (nSPS) is 15.0. The van der Waals surface area contributed by atoms with Crippen molar-refractivity contribution in [1.29, 1.82) is 0 Å². The summed E-state index contributed by atoms with van der Waals surface area (Å²) in [6.07, 6.45) is 3.48. The average Bonchev–Trinajstić information content (AvgIpc) is 3.33. The quantitative estimate of drug-likeness (QED) is 0.330. The number of hydrogen-bond acceptors (Lipinski definition) is 6. The Morgan fingerprint density at radius 3 is 2.42 bits per heavy atom. The molecule has 12 heteroatoms. The smallest absolute Gasteiger partial charge is 0.274 e. The van der Waals surface area contributed by atoms with Gasteiger partial charge in [-0.05, 0) is 49.9 Å². The van der Waals surface area contributed by atoms with Crippen LogP contribution >= 0.6 is 0 Å². The van der Waals surface area contributed by atoms with Gasteiger partial charge < -0.3 is 19.2 Å². The highest BCUT2D eigenvalue weighted by Gasteiger charge is 2.22. The zero-order valence-corrected chi connectivity index (χ0v) is 23.3. The van der Waals surface area contributed by atoms with Crippen molar-refractivity contribution in [1.82, 2.24) is 19.4 Å². The number of ether oxygens (including phenoxy) is 1. The highest BCUT2D eigenvalue weighted by atomic mass is 32.2. The molecule has 0 radical (unpaired) electrons. The second kappa shape index (κ2) is 11.0. The first kappa shape index (κ1) is 27.8. The van der Waals surface area contributed by atoms with E-state index in [0.717, 1.165) is 43.9 Å². The largest absolute Gasteiger partial charge is 0.454 e. The Kier molecular flexibility index (Phi) is 7.67. The van der Waals surface area contributed by atoms with Gasteiger partial charge in [-0.1, -0.05) is 0 Å². The fraction of sp³-hybridized carbons (Fsp3) is 0.321. The number of hydrogen-bond donors (Lipinski definition) is 2. The summed E-state index contributed by atoms with van der Waals surface area (Å²) in [5.74, 6) is -1.74. The van der Waals surface area contributed by atoms with Gasteiger partial charge in [0.05, 0.1) is 5.75 Å². The van der Waals surface area contributed by atoms with Crippen molar-refractivity contribution >= 4 is 26.6 Å². The van der Waals surface area contributed by atoms with Crippen LogP contribution in [-0.2, 0) is 23.6 Å². The van der Waals surface area contributed by atoms with Crippen LogP contribution in [0.5, 0.6) is 11.5 Å². The minimum atomic E-state index is -3.60. The summed E-state index contributed by atoms with van der Waals surface area (Å²) >= 11 is 0. The summed E-state index contributed by atoms with van der Waals surface area (Å²) in [5.41, 5.74) is 2.37. The monoisotopic (exact) mass is 571 g/mol. The Labute approximate surface area is 231 Å². The molecule has 2 aromatic carbocycles. The number of pyridine rings is 1. The number of piperazine rings is 1. The lowest BCUT2D eigenvalue weighted by molar-refractivity contribution is 0.148. The summed E-state index contributed by atoms with van der Waals surface area (Å²) < 4.78 is 62.7. The van der Waals surface area contributed by atoms with Gasteiger partial charge in [0.1, 0.15) is 17.1 Å². The summed E-state index contributed by atoms with van der Waals surface area (Å²) in [4.78, 5) is 20.8. The molecule has 0 amide bonds. The average molecular weight is 572 g/mol. The third-order valence-electron chi connectivity index (χ3n) is 7.11. The second-order valence-corrected chi connectivity index (χ2v) is 12.0. The third kappa shape index (κ3) is 5.74. The standard InChI is InChI=1S/C28H31F2N5O4S/c1-4-40(37,38)32-20-6-8-24(39-25-7-5-19(29)13-23(25)30)21(14-20)22-17-34(3)28(36)27-26(22)18(15-31-27)16-35-11-9-33(2)10-12-35/h5-8,13-15,17,31-32H,4,9-12,16H2,1-3H3. The van der Waals surface area contributed by atoms with E-state index in [4.69, 9.17) is 4.74 Å². The van der Waals surface area contributed by atoms with E-state index in [1.54, 1.807) is 19.3 Å². The summed E-state index contributed by atoms with van der Waals surface area (Å²) in [6.45, 7) is 5.72. The number of aromatic amines is 1. The van der Waals surface area contributed by atoms with E-state index in [1.807, 2.05) is 6.20 Å². The number of fused-ring (bicyclic) bond motifs is 1. The molecule has 0 spiro atoms. The molecule has 0 atom stereocenters. The molecule has 1 saturated heterocycles. The molecule has 4 aromatic rings. The molecule has 1 aliphatic heterocycles. The Morgan fingerprint density at radius 2 is 1.73 bits per heavy atom. The molecular formula is C28H31F2N5O4S. The van der Waals surface area contributed by atoms with Gasteiger partial charge in [0.25, 0.3) is 5.56 Å². The number of halogens is 2. The number of aryl methyl sites for hydroxylation is 1. The van der Waals surface area contributed by atoms with Gasteiger partial charge in [0.2, 0.25) is 10.0 Å². The first-order chi connectivity index (χ1) is 19.0. The fourth-order valence-electron chi connectivity index (χ4n) is 4.83. The number of likely N-dealkylation sites (N-methyl/N-ethyl adjacent to an activating group) is 1. The maximum Gasteiger partial charge on any atom is 0.274 e. The second-order valence-electron chi connectivity index (χ2n) is 10.00. The van der Waals surface area contributed by atoms with Crippen LogP contribution in [0.25, 0.3) is 22.0 Å². The first-order valence-corrected chi connectivity index (χ1v) is 14.6. The van der Waals surface area contributed by atoms with Gasteiger partial charge in [-0.3, -0.25) is 14.4 Å². The van der Waals surface area contributed by atoms with Crippen molar-refractivity contribution in [2.45, 2.75) is 13.5 Å². The number of rotatable bonds is 8. The van der Waals surface area contributed by atoms with Gasteiger partial charge in [-0.15, -0.1) is 0 Å². The predicted octanol–water partition coefficient (Wildman–Crippen LogP) is 4.11. The molecule has 0 saturated carbocycles. The Balaban J connectivity index is 1.68. The Morgan fingerprint density at radius 1 is 1.00 bits per heavy atom. The molecule has 5 rings (SSSR count). The van der Waals surface area contributed by atoms with Crippen LogP contribution in [-0.4, -0.2) is 66.7 Å². The van der Waals surface area contributed by atoms with Crippen molar-refractivity contribution < 1.29 is 21.9 Å². The van der Waals surface area contributed by atoms with Crippen molar-refractivity contribution in [3.8, 4) is 22.6 Å². The minimum absolute atomic E-state index is 0.127. The number of anilines is 1. The number of benzene rings is 2. The van der Waals surface area contributed by atoms with Gasteiger partial charge in [0, 0.05) is 80.4 Å². The lowest BCUT2D eigenvalue weighted by Gasteiger charge is -2.32. The van der Waals surface area contributed by atoms with Gasteiger partial charge in [-0.25, -0.2) is 17.2 Å². The molecule has 212 valence electrons. The topological polar surface area (TPSA) is 99.7 Å². The van der Waals surface area contributed by atoms with E-state index in [1.165, 1.54) is 29.7 Å².